The molecular weight excluding hydrogens is 855 g/mol. The van der Waals surface area contributed by atoms with Crippen LogP contribution < -0.4 is 4.90 Å². The molecule has 0 saturated carbocycles. The molecular formula is C70H57N. The van der Waals surface area contributed by atoms with Crippen LogP contribution >= 0.6 is 0 Å². The molecule has 11 aromatic carbocycles. The monoisotopic (exact) mass is 911 g/mol. The van der Waals surface area contributed by atoms with Crippen LogP contribution in [0.1, 0.15) is 62.3 Å². The molecule has 1 nitrogen and oxygen atoms in total. The van der Waals surface area contributed by atoms with Gasteiger partial charge in [-0.3, -0.25) is 0 Å². The smallest absolute Gasteiger partial charge is 0.0465 e. The summed E-state index contributed by atoms with van der Waals surface area (Å²) in [6.07, 6.45) is 1.06. The summed E-state index contributed by atoms with van der Waals surface area (Å²) >= 11 is 0. The number of fused-ring (bicyclic) bond motifs is 5. The molecule has 0 spiro atoms. The molecule has 71 heavy (non-hydrogen) atoms. The largest absolute Gasteiger partial charge is 0.310 e. The van der Waals surface area contributed by atoms with Crippen molar-refractivity contribution >= 4 is 38.6 Å². The average molecular weight is 912 g/mol. The number of rotatable bonds is 10. The Kier molecular flexibility index (Phi) is 11.1. The van der Waals surface area contributed by atoms with Crippen LogP contribution in [0.15, 0.2) is 237 Å². The highest BCUT2D eigenvalue weighted by Crippen LogP contribution is 2.52. The van der Waals surface area contributed by atoms with Gasteiger partial charge in [-0.2, -0.15) is 0 Å². The highest BCUT2D eigenvalue weighted by molar-refractivity contribution is 6.10. The number of para-hydroxylation sites is 1. The zero-order chi connectivity index (χ0) is 48.2. The number of anilines is 3. The number of hydrogen-bond donors (Lipinski definition) is 0. The van der Waals surface area contributed by atoms with Gasteiger partial charge in [0.2, 0.25) is 0 Å². The first-order valence-electron chi connectivity index (χ1n) is 25.3. The maximum absolute atomic E-state index is 2.43. The van der Waals surface area contributed by atoms with Crippen molar-refractivity contribution < 1.29 is 0 Å². The first-order chi connectivity index (χ1) is 34.7. The molecule has 12 rings (SSSR count). The number of hydrogen-bond acceptors (Lipinski definition) is 1. The lowest BCUT2D eigenvalue weighted by Gasteiger charge is -2.28. The number of nitrogens with zero attached hydrogens (tertiary/aromatic N) is 1. The van der Waals surface area contributed by atoms with Crippen molar-refractivity contribution in [3.63, 3.8) is 0 Å². The summed E-state index contributed by atoms with van der Waals surface area (Å²) in [5.41, 5.74) is 24.0. The van der Waals surface area contributed by atoms with Crippen molar-refractivity contribution in [3.05, 3.63) is 259 Å². The lowest BCUT2D eigenvalue weighted by atomic mass is 9.79. The Bertz CT molecular complexity index is 3750. The molecule has 1 heteroatoms. The average Bonchev–Trinajstić information content (AvgIpc) is 3.65. The second-order valence-corrected chi connectivity index (χ2v) is 20.1. The van der Waals surface area contributed by atoms with Gasteiger partial charge in [0.25, 0.3) is 0 Å². The summed E-state index contributed by atoms with van der Waals surface area (Å²) in [4.78, 5) is 2.39. The summed E-state index contributed by atoms with van der Waals surface area (Å²) in [7, 11) is 0. The van der Waals surface area contributed by atoms with Crippen molar-refractivity contribution in [2.24, 2.45) is 0 Å². The Labute approximate surface area is 419 Å². The Morgan fingerprint density at radius 3 is 1.48 bits per heavy atom. The van der Waals surface area contributed by atoms with Gasteiger partial charge in [-0.15, -0.1) is 0 Å². The third-order valence-corrected chi connectivity index (χ3v) is 15.5. The Hall–Kier alpha value is -8.26. The second-order valence-electron chi connectivity index (χ2n) is 20.1. The minimum atomic E-state index is -0.151. The highest BCUT2D eigenvalue weighted by Gasteiger charge is 2.36. The van der Waals surface area contributed by atoms with Crippen LogP contribution in [0.25, 0.3) is 88.3 Å². The number of aryl methyl sites for hydroxylation is 1. The van der Waals surface area contributed by atoms with Gasteiger partial charge < -0.3 is 4.90 Å². The van der Waals surface area contributed by atoms with Crippen LogP contribution in [-0.2, 0) is 5.41 Å². The molecule has 0 radical (unpaired) electrons. The molecule has 0 fully saturated rings. The van der Waals surface area contributed by atoms with Crippen LogP contribution in [0.4, 0.5) is 17.1 Å². The molecule has 0 N–H and O–H groups in total. The fourth-order valence-electron chi connectivity index (χ4n) is 11.5. The van der Waals surface area contributed by atoms with Gasteiger partial charge in [0.1, 0.15) is 0 Å². The van der Waals surface area contributed by atoms with Crippen LogP contribution in [0.2, 0.25) is 0 Å². The summed E-state index contributed by atoms with van der Waals surface area (Å²) < 4.78 is 0. The van der Waals surface area contributed by atoms with E-state index >= 15 is 0 Å². The molecule has 0 heterocycles. The summed E-state index contributed by atoms with van der Waals surface area (Å²) in [6, 6.07) is 87.7. The Balaban J connectivity index is 0.841. The number of benzene rings is 11. The fourth-order valence-corrected chi connectivity index (χ4v) is 11.5. The van der Waals surface area contributed by atoms with Crippen LogP contribution in [0, 0.1) is 6.92 Å². The van der Waals surface area contributed by atoms with E-state index in [-0.39, 0.29) is 5.41 Å². The van der Waals surface area contributed by atoms with Gasteiger partial charge in [0, 0.05) is 22.5 Å². The molecule has 0 amide bonds. The third kappa shape index (κ3) is 7.74. The minimum Gasteiger partial charge on any atom is -0.310 e. The van der Waals surface area contributed by atoms with Gasteiger partial charge in [-0.05, 0) is 178 Å². The molecule has 11 aromatic rings. The van der Waals surface area contributed by atoms with Gasteiger partial charge in [0.05, 0.1) is 0 Å². The molecule has 342 valence electrons. The first kappa shape index (κ1) is 44.0. The fraction of sp³-hybridized carbons (Fsp3) is 0.114. The predicted molar refractivity (Wildman–Crippen MR) is 304 cm³/mol. The van der Waals surface area contributed by atoms with Crippen LogP contribution in [0.3, 0.4) is 0 Å². The first-order valence-corrected chi connectivity index (χ1v) is 25.3. The zero-order valence-corrected chi connectivity index (χ0v) is 41.2. The lowest BCUT2D eigenvalue weighted by molar-refractivity contribution is 0.660. The van der Waals surface area contributed by atoms with Gasteiger partial charge >= 0.3 is 0 Å². The van der Waals surface area contributed by atoms with Gasteiger partial charge in [-0.1, -0.05) is 216 Å². The SMILES string of the molecule is CCC(C)c1c(-c2ccc(-c3ccc(-c4ccc(N(c5ccccc5)c5ccc6c(c5)C(C)(C)c5cc(-c7ccccc7)ccc5-6)cc4)cc3)cc2)cc2ccccc2c1-c1c(C)ccc2ccccc12. The second kappa shape index (κ2) is 17.9. The summed E-state index contributed by atoms with van der Waals surface area (Å²) in [5.74, 6) is 0.366. The Morgan fingerprint density at radius 2 is 0.845 bits per heavy atom. The van der Waals surface area contributed by atoms with E-state index in [0.29, 0.717) is 5.92 Å². The van der Waals surface area contributed by atoms with Crippen molar-refractivity contribution in [3.8, 4) is 66.8 Å². The molecule has 1 aliphatic carbocycles. The molecule has 1 aliphatic rings. The van der Waals surface area contributed by atoms with Crippen molar-refractivity contribution in [2.75, 3.05) is 4.90 Å². The van der Waals surface area contributed by atoms with Crippen molar-refractivity contribution in [2.45, 2.75) is 52.4 Å². The van der Waals surface area contributed by atoms with Crippen LogP contribution in [-0.4, -0.2) is 0 Å². The molecule has 1 atom stereocenters. The third-order valence-electron chi connectivity index (χ3n) is 15.5. The van der Waals surface area contributed by atoms with Gasteiger partial charge in [-0.25, -0.2) is 0 Å². The van der Waals surface area contributed by atoms with E-state index in [1.165, 1.54) is 111 Å². The maximum atomic E-state index is 2.43. The standard InChI is InChI=1S/C70H57N/c1-6-46(2)67-64(43-56-20-14-16-24-61(56)69(67)68-47(3)25-26-53-19-13-15-23-60(53)68)54-33-31-51(32-34-54)49-27-29-50(30-28-49)52-35-38-58(39-36-52)71(57-21-11-8-12-22-57)59-40-42-63-62-41-37-55(48-17-9-7-10-18-48)44-65(62)70(4,5)66(63)45-59/h7-46H,6H2,1-5H3. The quantitative estimate of drug-likeness (QED) is 0.132. The van der Waals surface area contributed by atoms with E-state index in [1.807, 2.05) is 0 Å². The van der Waals surface area contributed by atoms with E-state index in [0.717, 1.165) is 23.5 Å². The minimum absolute atomic E-state index is 0.151. The maximum Gasteiger partial charge on any atom is 0.0465 e. The molecule has 0 saturated heterocycles. The normalized spacial score (nSPS) is 13.0. The topological polar surface area (TPSA) is 3.24 Å². The van der Waals surface area contributed by atoms with E-state index in [4.69, 9.17) is 0 Å². The van der Waals surface area contributed by atoms with Crippen LogP contribution in [0.5, 0.6) is 0 Å². The predicted octanol–water partition coefficient (Wildman–Crippen LogP) is 19.9. The Morgan fingerprint density at radius 1 is 0.380 bits per heavy atom. The van der Waals surface area contributed by atoms with Crippen molar-refractivity contribution in [1.82, 2.24) is 0 Å². The van der Waals surface area contributed by atoms with E-state index in [2.05, 4.69) is 276 Å². The van der Waals surface area contributed by atoms with Gasteiger partial charge in [0.15, 0.2) is 0 Å². The molecule has 0 aliphatic heterocycles. The molecule has 0 aromatic heterocycles. The summed E-state index contributed by atoms with van der Waals surface area (Å²) in [6.45, 7) is 11.7. The molecule has 1 unspecified atom stereocenters. The van der Waals surface area contributed by atoms with E-state index < -0.39 is 0 Å². The zero-order valence-electron chi connectivity index (χ0n) is 41.2. The van der Waals surface area contributed by atoms with E-state index in [1.54, 1.807) is 0 Å². The highest BCUT2D eigenvalue weighted by atomic mass is 15.1. The summed E-state index contributed by atoms with van der Waals surface area (Å²) in [5, 5.41) is 5.18. The lowest BCUT2D eigenvalue weighted by Crippen LogP contribution is -2.16. The van der Waals surface area contributed by atoms with E-state index in [9.17, 15) is 0 Å². The molecule has 0 bridgehead atoms. The van der Waals surface area contributed by atoms with Crippen molar-refractivity contribution in [1.29, 1.82) is 0 Å².